The fourth-order valence-corrected chi connectivity index (χ4v) is 4.12. The van der Waals surface area contributed by atoms with Gasteiger partial charge in [-0.3, -0.25) is 4.68 Å². The van der Waals surface area contributed by atoms with Crippen molar-refractivity contribution in [3.63, 3.8) is 0 Å². The minimum absolute atomic E-state index is 0.558. The van der Waals surface area contributed by atoms with E-state index in [-0.39, 0.29) is 0 Å². The molecule has 8 nitrogen and oxygen atoms in total. The summed E-state index contributed by atoms with van der Waals surface area (Å²) in [5, 5.41) is 11.9. The maximum atomic E-state index is 5.73. The Kier molecular flexibility index (Phi) is 9.81. The molecule has 0 bridgehead atoms. The number of thiocarbonyl (C=S) groups is 1. The Morgan fingerprint density at radius 2 is 1.53 bits per heavy atom. The largest absolute Gasteiger partial charge is 0.493 e. The summed E-state index contributed by atoms with van der Waals surface area (Å²) in [5.41, 5.74) is 5.00. The van der Waals surface area contributed by atoms with Crippen LogP contribution in [0.1, 0.15) is 36.4 Å². The Balaban J connectivity index is 1.59. The van der Waals surface area contributed by atoms with Gasteiger partial charge in [0.1, 0.15) is 0 Å². The van der Waals surface area contributed by atoms with Gasteiger partial charge in [0.05, 0.1) is 51.1 Å². The summed E-state index contributed by atoms with van der Waals surface area (Å²) in [6, 6.07) is 11.9. The van der Waals surface area contributed by atoms with Crippen molar-refractivity contribution in [2.24, 2.45) is 0 Å². The van der Waals surface area contributed by atoms with Gasteiger partial charge in [0.25, 0.3) is 0 Å². The first-order chi connectivity index (χ1) is 17.4. The molecule has 1 heterocycles. The topological polar surface area (TPSA) is 78.8 Å². The van der Waals surface area contributed by atoms with Crippen molar-refractivity contribution >= 4 is 23.0 Å². The molecule has 9 heteroatoms. The van der Waals surface area contributed by atoms with E-state index in [1.165, 1.54) is 0 Å². The number of aromatic nitrogens is 2. The molecule has 0 amide bonds. The zero-order valence-corrected chi connectivity index (χ0v) is 22.8. The van der Waals surface area contributed by atoms with Crippen LogP contribution in [0, 0.1) is 13.8 Å². The minimum Gasteiger partial charge on any atom is -0.493 e. The zero-order chi connectivity index (χ0) is 26.1. The molecule has 1 aromatic heterocycles. The molecule has 0 saturated carbocycles. The molecule has 0 aliphatic carbocycles. The standard InChI is InChI=1S/C27H36N4O4S/c1-7-34-23-12-9-20(15-25(23)35-8-2)13-14-28-27(36)29-26-18(3)30-31(19(26)4)17-21-10-11-22(32-5)24(16-21)33-6/h9-12,15-16H,7-8,13-14,17H2,1-6H3,(H2,28,29,36). The fourth-order valence-electron chi connectivity index (χ4n) is 3.91. The number of ether oxygens (including phenoxy) is 4. The van der Waals surface area contributed by atoms with Crippen molar-refractivity contribution < 1.29 is 18.9 Å². The van der Waals surface area contributed by atoms with Crippen LogP contribution in [0.15, 0.2) is 36.4 Å². The summed E-state index contributed by atoms with van der Waals surface area (Å²) in [4.78, 5) is 0. The highest BCUT2D eigenvalue weighted by molar-refractivity contribution is 7.80. The number of aryl methyl sites for hydroxylation is 1. The smallest absolute Gasteiger partial charge is 0.170 e. The Bertz CT molecular complexity index is 1180. The second-order valence-electron chi connectivity index (χ2n) is 8.17. The summed E-state index contributed by atoms with van der Waals surface area (Å²) < 4.78 is 24.1. The summed E-state index contributed by atoms with van der Waals surface area (Å²) in [7, 11) is 3.26. The van der Waals surface area contributed by atoms with Crippen molar-refractivity contribution in [3.8, 4) is 23.0 Å². The summed E-state index contributed by atoms with van der Waals surface area (Å²) in [6.45, 7) is 10.4. The number of nitrogens with one attached hydrogen (secondary N) is 2. The quantitative estimate of drug-likeness (QED) is 0.332. The summed E-state index contributed by atoms with van der Waals surface area (Å²) >= 11 is 5.56. The Hall–Kier alpha value is -3.46. The molecule has 0 atom stereocenters. The molecule has 0 unspecified atom stereocenters. The molecule has 2 aromatic carbocycles. The molecule has 0 saturated heterocycles. The van der Waals surface area contributed by atoms with E-state index in [9.17, 15) is 0 Å². The van der Waals surface area contributed by atoms with Gasteiger partial charge >= 0.3 is 0 Å². The first-order valence-electron chi connectivity index (χ1n) is 12.1. The van der Waals surface area contributed by atoms with E-state index in [0.29, 0.717) is 42.9 Å². The summed E-state index contributed by atoms with van der Waals surface area (Å²) in [6.07, 6.45) is 0.796. The lowest BCUT2D eigenvalue weighted by Gasteiger charge is -2.14. The number of hydrogen-bond donors (Lipinski definition) is 2. The second kappa shape index (κ2) is 13.0. The monoisotopic (exact) mass is 512 g/mol. The lowest BCUT2D eigenvalue weighted by molar-refractivity contribution is 0.287. The third-order valence-electron chi connectivity index (χ3n) is 5.71. The average molecular weight is 513 g/mol. The number of anilines is 1. The van der Waals surface area contributed by atoms with Crippen LogP contribution in [0.4, 0.5) is 5.69 Å². The highest BCUT2D eigenvalue weighted by atomic mass is 32.1. The Labute approximate surface area is 218 Å². The van der Waals surface area contributed by atoms with Gasteiger partial charge in [-0.2, -0.15) is 5.10 Å². The van der Waals surface area contributed by atoms with E-state index in [2.05, 4.69) is 16.7 Å². The maximum Gasteiger partial charge on any atom is 0.170 e. The van der Waals surface area contributed by atoms with Gasteiger partial charge in [0.2, 0.25) is 0 Å². The third kappa shape index (κ3) is 6.81. The average Bonchev–Trinajstić information content (AvgIpc) is 3.12. The molecular formula is C27H36N4O4S. The van der Waals surface area contributed by atoms with Gasteiger partial charge in [-0.25, -0.2) is 0 Å². The molecular weight excluding hydrogens is 476 g/mol. The molecule has 3 rings (SSSR count). The van der Waals surface area contributed by atoms with Gasteiger partial charge < -0.3 is 29.6 Å². The van der Waals surface area contributed by atoms with E-state index < -0.39 is 0 Å². The van der Waals surface area contributed by atoms with Gasteiger partial charge in [0, 0.05) is 6.54 Å². The van der Waals surface area contributed by atoms with Crippen molar-refractivity contribution in [2.75, 3.05) is 39.3 Å². The fraction of sp³-hybridized carbons (Fsp3) is 0.407. The third-order valence-corrected chi connectivity index (χ3v) is 5.95. The minimum atomic E-state index is 0.558. The van der Waals surface area contributed by atoms with Crippen LogP contribution < -0.4 is 29.6 Å². The van der Waals surface area contributed by atoms with Gasteiger partial charge in [-0.1, -0.05) is 12.1 Å². The van der Waals surface area contributed by atoms with Gasteiger partial charge in [-0.05, 0) is 81.7 Å². The van der Waals surface area contributed by atoms with Crippen molar-refractivity contribution in [3.05, 3.63) is 58.9 Å². The zero-order valence-electron chi connectivity index (χ0n) is 21.9. The molecule has 36 heavy (non-hydrogen) atoms. The molecule has 0 radical (unpaired) electrons. The lowest BCUT2D eigenvalue weighted by Crippen LogP contribution is -2.30. The molecule has 3 aromatic rings. The van der Waals surface area contributed by atoms with E-state index >= 15 is 0 Å². The maximum absolute atomic E-state index is 5.73. The first-order valence-corrected chi connectivity index (χ1v) is 12.5. The van der Waals surface area contributed by atoms with Crippen LogP contribution in [-0.2, 0) is 13.0 Å². The number of hydrogen-bond acceptors (Lipinski definition) is 6. The van der Waals surface area contributed by atoms with Crippen LogP contribution in [0.5, 0.6) is 23.0 Å². The number of nitrogens with zero attached hydrogens (tertiary/aromatic N) is 2. The molecule has 0 spiro atoms. The van der Waals surface area contributed by atoms with E-state index in [1.807, 2.05) is 62.7 Å². The van der Waals surface area contributed by atoms with Crippen molar-refractivity contribution in [2.45, 2.75) is 40.7 Å². The van der Waals surface area contributed by atoms with Gasteiger partial charge in [-0.15, -0.1) is 0 Å². The lowest BCUT2D eigenvalue weighted by atomic mass is 10.1. The number of benzene rings is 2. The Morgan fingerprint density at radius 3 is 2.22 bits per heavy atom. The van der Waals surface area contributed by atoms with Crippen LogP contribution in [-0.4, -0.2) is 48.9 Å². The molecule has 0 fully saturated rings. The van der Waals surface area contributed by atoms with Gasteiger partial charge in [0.15, 0.2) is 28.1 Å². The first kappa shape index (κ1) is 27.1. The van der Waals surface area contributed by atoms with Crippen LogP contribution in [0.2, 0.25) is 0 Å². The predicted octanol–water partition coefficient (Wildman–Crippen LogP) is 4.89. The number of methoxy groups -OCH3 is 2. The molecule has 0 aliphatic rings. The van der Waals surface area contributed by atoms with Crippen LogP contribution in [0.3, 0.4) is 0 Å². The summed E-state index contributed by atoms with van der Waals surface area (Å²) in [5.74, 6) is 2.93. The molecule has 2 N–H and O–H groups in total. The van der Waals surface area contributed by atoms with E-state index in [0.717, 1.165) is 46.1 Å². The highest BCUT2D eigenvalue weighted by Gasteiger charge is 2.14. The Morgan fingerprint density at radius 1 is 0.889 bits per heavy atom. The highest BCUT2D eigenvalue weighted by Crippen LogP contribution is 2.30. The van der Waals surface area contributed by atoms with Crippen molar-refractivity contribution in [1.29, 1.82) is 0 Å². The van der Waals surface area contributed by atoms with Crippen molar-refractivity contribution in [1.82, 2.24) is 15.1 Å². The normalized spacial score (nSPS) is 10.6. The number of rotatable bonds is 12. The van der Waals surface area contributed by atoms with E-state index in [1.54, 1.807) is 14.2 Å². The van der Waals surface area contributed by atoms with Crippen LogP contribution >= 0.6 is 12.2 Å². The molecule has 0 aliphatic heterocycles. The van der Waals surface area contributed by atoms with Crippen LogP contribution in [0.25, 0.3) is 0 Å². The van der Waals surface area contributed by atoms with E-state index in [4.69, 9.17) is 36.3 Å². The second-order valence-corrected chi connectivity index (χ2v) is 8.58. The SMILES string of the molecule is CCOc1ccc(CCNC(=S)Nc2c(C)nn(Cc3ccc(OC)c(OC)c3)c2C)cc1OCC. The molecule has 194 valence electrons. The predicted molar refractivity (Wildman–Crippen MR) is 147 cm³/mol.